The molecular formula is C21H18F9N3O3. The number of hydrogen-bond acceptors (Lipinski definition) is 6. The highest BCUT2D eigenvalue weighted by atomic mass is 19.4. The van der Waals surface area contributed by atoms with Crippen molar-refractivity contribution in [3.8, 4) is 6.07 Å². The Morgan fingerprint density at radius 1 is 1.03 bits per heavy atom. The maximum absolute atomic E-state index is 13.8. The predicted octanol–water partition coefficient (Wildman–Crippen LogP) is 4.76. The van der Waals surface area contributed by atoms with Gasteiger partial charge in [0.15, 0.2) is 0 Å². The number of hydrogen-bond donors (Lipinski definition) is 2. The Labute approximate surface area is 198 Å². The molecule has 1 aromatic carbocycles. The summed E-state index contributed by atoms with van der Waals surface area (Å²) in [7, 11) is 0.595. The van der Waals surface area contributed by atoms with Crippen molar-refractivity contribution < 1.29 is 54.2 Å². The Morgan fingerprint density at radius 2 is 1.47 bits per heavy atom. The Hall–Kier alpha value is -3.41. The van der Waals surface area contributed by atoms with Gasteiger partial charge >= 0.3 is 24.5 Å². The lowest BCUT2D eigenvalue weighted by molar-refractivity contribution is -0.306. The topological polar surface area (TPSA) is 99.6 Å². The number of aryl methyl sites for hydroxylation is 2. The number of ether oxygens (including phenoxy) is 1. The van der Waals surface area contributed by atoms with Gasteiger partial charge in [0.05, 0.1) is 18.4 Å². The number of nitrogens with two attached hydrogens (primary N) is 1. The molecule has 0 saturated heterocycles. The summed E-state index contributed by atoms with van der Waals surface area (Å²) in [6, 6.07) is 2.17. The highest BCUT2D eigenvalue weighted by Gasteiger charge is 2.73. The number of anilines is 1. The normalized spacial score (nSPS) is 18.4. The third kappa shape index (κ3) is 3.93. The van der Waals surface area contributed by atoms with E-state index in [0.717, 1.165) is 26.8 Å². The van der Waals surface area contributed by atoms with Crippen molar-refractivity contribution >= 4 is 11.7 Å². The first-order valence-corrected chi connectivity index (χ1v) is 9.66. The summed E-state index contributed by atoms with van der Waals surface area (Å²) >= 11 is 0. The molecule has 3 N–H and O–H groups in total. The third-order valence-corrected chi connectivity index (χ3v) is 5.70. The van der Waals surface area contributed by atoms with Crippen molar-refractivity contribution in [3.05, 3.63) is 52.0 Å². The van der Waals surface area contributed by atoms with E-state index < -0.39 is 58.2 Å². The van der Waals surface area contributed by atoms with Gasteiger partial charge in [-0.05, 0) is 38.0 Å². The molecule has 1 atom stereocenters. The minimum absolute atomic E-state index is 0.240. The molecule has 198 valence electrons. The fraction of sp³-hybridized carbons (Fsp3) is 0.429. The van der Waals surface area contributed by atoms with Crippen molar-refractivity contribution in [1.82, 2.24) is 0 Å². The smallest absolute Gasteiger partial charge is 0.432 e. The van der Waals surface area contributed by atoms with Gasteiger partial charge in [-0.15, -0.1) is 0 Å². The maximum Gasteiger partial charge on any atom is 0.432 e. The van der Waals surface area contributed by atoms with Crippen LogP contribution in [0.1, 0.15) is 23.6 Å². The second-order valence-corrected chi connectivity index (χ2v) is 7.96. The molecule has 36 heavy (non-hydrogen) atoms. The molecule has 0 bridgehead atoms. The average Bonchev–Trinajstić information content (AvgIpc) is 2.71. The van der Waals surface area contributed by atoms with E-state index in [0.29, 0.717) is 24.1 Å². The van der Waals surface area contributed by atoms with Crippen LogP contribution in [0.3, 0.4) is 0 Å². The second-order valence-electron chi connectivity index (χ2n) is 7.96. The van der Waals surface area contributed by atoms with E-state index >= 15 is 0 Å². The molecule has 1 heterocycles. The number of rotatable bonds is 3. The predicted molar refractivity (Wildman–Crippen MR) is 105 cm³/mol. The summed E-state index contributed by atoms with van der Waals surface area (Å²) in [6.45, 7) is 3.06. The first kappa shape index (κ1) is 28.8. The molecule has 0 amide bonds. The molecule has 0 saturated carbocycles. The Kier molecular flexibility index (Phi) is 6.89. The molecule has 6 nitrogen and oxygen atoms in total. The molecule has 0 aliphatic carbocycles. The molecule has 0 unspecified atom stereocenters. The quantitative estimate of drug-likeness (QED) is 0.432. The average molecular weight is 531 g/mol. The van der Waals surface area contributed by atoms with Crippen LogP contribution in [0.5, 0.6) is 0 Å². The van der Waals surface area contributed by atoms with Crippen LogP contribution in [0.2, 0.25) is 0 Å². The first-order chi connectivity index (χ1) is 16.1. The van der Waals surface area contributed by atoms with E-state index in [1.807, 2.05) is 0 Å². The number of halogens is 9. The zero-order valence-corrected chi connectivity index (χ0v) is 18.9. The van der Waals surface area contributed by atoms with Gasteiger partial charge in [0.25, 0.3) is 5.60 Å². The molecule has 2 rings (SSSR count). The highest BCUT2D eigenvalue weighted by molar-refractivity contribution is 5.83. The Morgan fingerprint density at radius 3 is 1.81 bits per heavy atom. The van der Waals surface area contributed by atoms with Gasteiger partial charge in [-0.1, -0.05) is 12.1 Å². The highest BCUT2D eigenvalue weighted by Crippen LogP contribution is 2.59. The van der Waals surface area contributed by atoms with Crippen molar-refractivity contribution in [1.29, 1.82) is 5.26 Å². The van der Waals surface area contributed by atoms with E-state index in [9.17, 15) is 54.7 Å². The SMILES string of the molecule is COC(=O)[C@](O)(c1cc(C)c(N2C(C)=CC(C(F)(F)F)(C(F)(F)F)C(C#N)=C2N)c(C)c1)C(F)(F)F. The van der Waals surface area contributed by atoms with E-state index in [-0.39, 0.29) is 22.9 Å². The first-order valence-electron chi connectivity index (χ1n) is 9.66. The van der Waals surface area contributed by atoms with Crippen LogP contribution >= 0.6 is 0 Å². The van der Waals surface area contributed by atoms with E-state index in [1.54, 1.807) is 0 Å². The molecule has 1 aliphatic rings. The summed E-state index contributed by atoms with van der Waals surface area (Å²) in [4.78, 5) is 12.5. The van der Waals surface area contributed by atoms with Gasteiger partial charge in [0.2, 0.25) is 5.41 Å². The summed E-state index contributed by atoms with van der Waals surface area (Å²) in [5, 5.41) is 19.5. The number of methoxy groups -OCH3 is 1. The fourth-order valence-corrected chi connectivity index (χ4v) is 4.07. The van der Waals surface area contributed by atoms with Crippen molar-refractivity contribution in [3.63, 3.8) is 0 Å². The number of nitrogens with zero attached hydrogens (tertiary/aromatic N) is 2. The molecule has 0 aromatic heterocycles. The number of benzene rings is 1. The van der Waals surface area contributed by atoms with Crippen molar-refractivity contribution in [2.75, 3.05) is 12.0 Å². The molecule has 1 aromatic rings. The van der Waals surface area contributed by atoms with Crippen LogP contribution in [-0.2, 0) is 15.1 Å². The standard InChI is InChI=1S/C21H18F9N3O3/c1-9-5-12(18(35,16(34)36-4)21(28,29)30)6-10(2)14(9)33-11(3)7-17(19(22,23)24,20(25,26)27)13(8-31)15(33)32/h5-7,35H,32H2,1-4H3/t18-/m1/s1. The number of allylic oxidation sites excluding steroid dienone is 3. The van der Waals surface area contributed by atoms with Gasteiger partial charge < -0.3 is 20.5 Å². The lowest BCUT2D eigenvalue weighted by atomic mass is 9.75. The monoisotopic (exact) mass is 531 g/mol. The molecule has 0 radical (unpaired) electrons. The Balaban J connectivity index is 2.89. The summed E-state index contributed by atoms with van der Waals surface area (Å²) in [5.41, 5.74) is -7.61. The van der Waals surface area contributed by atoms with Crippen LogP contribution in [0.4, 0.5) is 45.2 Å². The summed E-state index contributed by atoms with van der Waals surface area (Å²) < 4.78 is 128. The van der Waals surface area contributed by atoms with E-state index in [2.05, 4.69) is 4.74 Å². The third-order valence-electron chi connectivity index (χ3n) is 5.70. The van der Waals surface area contributed by atoms with Crippen LogP contribution in [0, 0.1) is 30.6 Å². The van der Waals surface area contributed by atoms with Crippen LogP contribution in [0.25, 0.3) is 0 Å². The number of esters is 1. The zero-order chi connectivity index (χ0) is 28.2. The van der Waals surface area contributed by atoms with Gasteiger partial charge in [0, 0.05) is 11.3 Å². The van der Waals surface area contributed by atoms with Crippen molar-refractivity contribution in [2.45, 2.75) is 44.9 Å². The van der Waals surface area contributed by atoms with E-state index in [4.69, 9.17) is 5.73 Å². The lowest BCUT2D eigenvalue weighted by Crippen LogP contribution is -2.54. The molecular weight excluding hydrogens is 513 g/mol. The lowest BCUT2D eigenvalue weighted by Gasteiger charge is -2.42. The Bertz CT molecular complexity index is 1150. The maximum atomic E-state index is 13.8. The largest absolute Gasteiger partial charge is 0.466 e. The van der Waals surface area contributed by atoms with Gasteiger partial charge in [0.1, 0.15) is 11.9 Å². The van der Waals surface area contributed by atoms with Crippen LogP contribution in [-0.4, -0.2) is 36.7 Å². The van der Waals surface area contributed by atoms with E-state index in [1.165, 1.54) is 0 Å². The number of nitriles is 1. The summed E-state index contributed by atoms with van der Waals surface area (Å²) in [5.74, 6) is -3.34. The van der Waals surface area contributed by atoms with Crippen molar-refractivity contribution in [2.24, 2.45) is 11.1 Å². The van der Waals surface area contributed by atoms with Crippen LogP contribution in [0.15, 0.2) is 35.3 Å². The number of carbonyl (C=O) groups is 1. The summed E-state index contributed by atoms with van der Waals surface area (Å²) in [6.07, 6.45) is -17.8. The fourth-order valence-electron chi connectivity index (χ4n) is 4.07. The molecule has 0 fully saturated rings. The minimum Gasteiger partial charge on any atom is -0.466 e. The van der Waals surface area contributed by atoms with Gasteiger partial charge in [-0.2, -0.15) is 44.8 Å². The molecule has 15 heteroatoms. The number of aliphatic hydroxyl groups is 1. The van der Waals surface area contributed by atoms with Crippen LogP contribution < -0.4 is 10.6 Å². The molecule has 0 spiro atoms. The van der Waals surface area contributed by atoms with Gasteiger partial charge in [-0.3, -0.25) is 0 Å². The minimum atomic E-state index is -6.02. The number of carbonyl (C=O) groups excluding carboxylic acids is 1. The zero-order valence-electron chi connectivity index (χ0n) is 18.9. The second kappa shape index (κ2) is 8.61. The van der Waals surface area contributed by atoms with Gasteiger partial charge in [-0.25, -0.2) is 4.79 Å². The number of alkyl halides is 9. The molecule has 1 aliphatic heterocycles.